The molecule has 3 aromatic rings. The van der Waals surface area contributed by atoms with Gasteiger partial charge in [0.2, 0.25) is 0 Å². The van der Waals surface area contributed by atoms with Crippen LogP contribution in [0.2, 0.25) is 0 Å². The van der Waals surface area contributed by atoms with Gasteiger partial charge in [-0.3, -0.25) is 14.9 Å². The molecule has 0 aliphatic rings. The Morgan fingerprint density at radius 1 is 1.13 bits per heavy atom. The molecule has 0 fully saturated rings. The number of benzene rings is 2. The highest BCUT2D eigenvalue weighted by Gasteiger charge is 2.21. The van der Waals surface area contributed by atoms with Crippen LogP contribution in [0.4, 0.5) is 5.69 Å². The van der Waals surface area contributed by atoms with Crippen molar-refractivity contribution in [1.82, 2.24) is 9.97 Å². The van der Waals surface area contributed by atoms with Crippen LogP contribution in [0.3, 0.4) is 0 Å². The largest absolute Gasteiger partial charge is 0.488 e. The van der Waals surface area contributed by atoms with Gasteiger partial charge in [-0.05, 0) is 22.4 Å². The molecule has 114 valence electrons. The minimum atomic E-state index is -1.000. The molecule has 0 bridgehead atoms. The topological polar surface area (TPSA) is 109 Å². The fourth-order valence-electron chi connectivity index (χ4n) is 2.28. The average molecular weight is 309 g/mol. The highest BCUT2D eigenvalue weighted by atomic mass is 16.6. The van der Waals surface area contributed by atoms with Crippen molar-refractivity contribution >= 4 is 28.6 Å². The van der Waals surface area contributed by atoms with Gasteiger partial charge in [-0.15, -0.1) is 0 Å². The number of aromatic hydroxyl groups is 1. The third kappa shape index (κ3) is 2.80. The Kier molecular flexibility index (Phi) is 3.60. The molecule has 0 saturated carbocycles. The first kappa shape index (κ1) is 14.5. The number of nitrogens with zero attached hydrogens (tertiary/aromatic N) is 2. The maximum atomic E-state index is 11.6. The molecular weight excluding hydrogens is 298 g/mol. The second kappa shape index (κ2) is 5.72. The summed E-state index contributed by atoms with van der Waals surface area (Å²) >= 11 is 0. The van der Waals surface area contributed by atoms with Crippen molar-refractivity contribution in [1.29, 1.82) is 0 Å². The van der Waals surface area contributed by atoms with Crippen molar-refractivity contribution in [2.24, 2.45) is 0 Å². The quantitative estimate of drug-likeness (QED) is 0.571. The van der Waals surface area contributed by atoms with Crippen LogP contribution in [0.1, 0.15) is 11.4 Å². The van der Waals surface area contributed by atoms with E-state index in [4.69, 9.17) is 0 Å². The predicted octanol–water partition coefficient (Wildman–Crippen LogP) is 2.71. The Hall–Kier alpha value is -3.48. The van der Waals surface area contributed by atoms with Crippen molar-refractivity contribution in [3.8, 4) is 5.88 Å². The number of aromatic amines is 1. The number of hydrogen-bond acceptors (Lipinski definition) is 5. The molecule has 1 aromatic heterocycles. The SMILES string of the molecule is O=c1[nH]c(C=Cc2cccc3ccccc23)nc(O)c1[N+](=O)[O-]. The van der Waals surface area contributed by atoms with Gasteiger partial charge in [0.15, 0.2) is 0 Å². The summed E-state index contributed by atoms with van der Waals surface area (Å²) in [4.78, 5) is 27.2. The van der Waals surface area contributed by atoms with Gasteiger partial charge in [0.05, 0.1) is 4.92 Å². The average Bonchev–Trinajstić information content (AvgIpc) is 2.52. The number of nitrogens with one attached hydrogen (secondary N) is 1. The predicted molar refractivity (Wildman–Crippen MR) is 86.1 cm³/mol. The van der Waals surface area contributed by atoms with Gasteiger partial charge in [0.25, 0.3) is 5.88 Å². The van der Waals surface area contributed by atoms with E-state index >= 15 is 0 Å². The molecule has 23 heavy (non-hydrogen) atoms. The molecule has 0 spiro atoms. The van der Waals surface area contributed by atoms with Crippen LogP contribution in [0.15, 0.2) is 47.3 Å². The molecule has 0 radical (unpaired) electrons. The van der Waals surface area contributed by atoms with Crippen LogP contribution in [-0.2, 0) is 0 Å². The fourth-order valence-corrected chi connectivity index (χ4v) is 2.28. The summed E-state index contributed by atoms with van der Waals surface area (Å²) in [6.07, 6.45) is 3.19. The summed E-state index contributed by atoms with van der Waals surface area (Å²) in [6.45, 7) is 0. The summed E-state index contributed by atoms with van der Waals surface area (Å²) in [5.74, 6) is -0.873. The first-order valence-electron chi connectivity index (χ1n) is 6.70. The summed E-state index contributed by atoms with van der Waals surface area (Å²) in [7, 11) is 0. The van der Waals surface area contributed by atoms with Gasteiger partial charge in [-0.2, -0.15) is 4.98 Å². The molecule has 3 rings (SSSR count). The van der Waals surface area contributed by atoms with Crippen molar-refractivity contribution in [2.45, 2.75) is 0 Å². The van der Waals surface area contributed by atoms with E-state index in [1.807, 2.05) is 42.5 Å². The Bertz CT molecular complexity index is 987. The zero-order valence-corrected chi connectivity index (χ0v) is 11.8. The minimum absolute atomic E-state index is 0.0334. The lowest BCUT2D eigenvalue weighted by Crippen LogP contribution is -2.14. The van der Waals surface area contributed by atoms with Crippen LogP contribution >= 0.6 is 0 Å². The number of aromatic nitrogens is 2. The van der Waals surface area contributed by atoms with Crippen molar-refractivity contribution in [3.05, 3.63) is 74.3 Å². The van der Waals surface area contributed by atoms with Crippen LogP contribution in [0, 0.1) is 10.1 Å². The van der Waals surface area contributed by atoms with Crippen molar-refractivity contribution in [3.63, 3.8) is 0 Å². The van der Waals surface area contributed by atoms with Crippen LogP contribution < -0.4 is 5.56 Å². The fraction of sp³-hybridized carbons (Fsp3) is 0. The molecule has 2 aromatic carbocycles. The summed E-state index contributed by atoms with van der Waals surface area (Å²) in [6, 6.07) is 13.5. The maximum absolute atomic E-state index is 11.6. The van der Waals surface area contributed by atoms with E-state index in [2.05, 4.69) is 9.97 Å². The monoisotopic (exact) mass is 309 g/mol. The number of nitro groups is 1. The van der Waals surface area contributed by atoms with E-state index < -0.39 is 22.0 Å². The molecule has 0 unspecified atom stereocenters. The van der Waals surface area contributed by atoms with E-state index in [1.165, 1.54) is 6.08 Å². The third-order valence-corrected chi connectivity index (χ3v) is 3.32. The van der Waals surface area contributed by atoms with Gasteiger partial charge in [0, 0.05) is 0 Å². The standard InChI is InChI=1S/C16H11N3O4/c20-15-14(19(22)23)16(21)18-13(17-15)9-8-11-6-3-5-10-4-1-2-7-12(10)11/h1-9H,(H2,17,18,20,21). The Morgan fingerprint density at radius 3 is 2.61 bits per heavy atom. The molecule has 7 heteroatoms. The Morgan fingerprint density at radius 2 is 1.87 bits per heavy atom. The normalized spacial score (nSPS) is 11.1. The molecule has 7 nitrogen and oxygen atoms in total. The highest BCUT2D eigenvalue weighted by Crippen LogP contribution is 2.21. The molecule has 0 atom stereocenters. The van der Waals surface area contributed by atoms with E-state index in [0.717, 1.165) is 16.3 Å². The van der Waals surface area contributed by atoms with Gasteiger partial charge in [0.1, 0.15) is 5.82 Å². The number of hydrogen-bond donors (Lipinski definition) is 2. The van der Waals surface area contributed by atoms with E-state index in [9.17, 15) is 20.0 Å². The Balaban J connectivity index is 2.03. The summed E-state index contributed by atoms with van der Waals surface area (Å²) in [5, 5.41) is 22.2. The second-order valence-corrected chi connectivity index (χ2v) is 4.78. The lowest BCUT2D eigenvalue weighted by Gasteiger charge is -2.01. The van der Waals surface area contributed by atoms with E-state index in [0.29, 0.717) is 0 Å². The Labute approximate surface area is 129 Å². The van der Waals surface area contributed by atoms with Gasteiger partial charge >= 0.3 is 11.2 Å². The van der Waals surface area contributed by atoms with E-state index in [1.54, 1.807) is 6.08 Å². The second-order valence-electron chi connectivity index (χ2n) is 4.78. The minimum Gasteiger partial charge on any atom is -0.488 e. The van der Waals surface area contributed by atoms with Gasteiger partial charge < -0.3 is 10.1 Å². The molecule has 0 amide bonds. The van der Waals surface area contributed by atoms with Gasteiger partial charge in [-0.25, -0.2) is 0 Å². The first-order chi connectivity index (χ1) is 11.1. The van der Waals surface area contributed by atoms with E-state index in [-0.39, 0.29) is 5.82 Å². The smallest absolute Gasteiger partial charge is 0.395 e. The molecule has 0 saturated heterocycles. The zero-order chi connectivity index (χ0) is 16.4. The molecule has 0 aliphatic carbocycles. The molecule has 2 N–H and O–H groups in total. The number of rotatable bonds is 3. The van der Waals surface area contributed by atoms with Crippen LogP contribution in [0.5, 0.6) is 5.88 Å². The number of H-pyrrole nitrogens is 1. The van der Waals surface area contributed by atoms with Crippen LogP contribution in [-0.4, -0.2) is 20.0 Å². The van der Waals surface area contributed by atoms with Crippen molar-refractivity contribution < 1.29 is 10.0 Å². The first-order valence-corrected chi connectivity index (χ1v) is 6.70. The molecule has 1 heterocycles. The molecule has 0 aliphatic heterocycles. The maximum Gasteiger partial charge on any atom is 0.395 e. The summed E-state index contributed by atoms with van der Waals surface area (Å²) in [5.41, 5.74) is -1.07. The highest BCUT2D eigenvalue weighted by molar-refractivity contribution is 5.92. The van der Waals surface area contributed by atoms with Crippen molar-refractivity contribution in [2.75, 3.05) is 0 Å². The molecular formula is C16H11N3O4. The van der Waals surface area contributed by atoms with Crippen LogP contribution in [0.25, 0.3) is 22.9 Å². The third-order valence-electron chi connectivity index (χ3n) is 3.32. The zero-order valence-electron chi connectivity index (χ0n) is 11.8. The summed E-state index contributed by atoms with van der Waals surface area (Å²) < 4.78 is 0. The lowest BCUT2D eigenvalue weighted by atomic mass is 10.0. The lowest BCUT2D eigenvalue weighted by molar-refractivity contribution is -0.387. The van der Waals surface area contributed by atoms with Gasteiger partial charge in [-0.1, -0.05) is 48.5 Å². The number of fused-ring (bicyclic) bond motifs is 1.